The number of hydrogen-bond donors (Lipinski definition) is 1. The molecule has 8 nitrogen and oxygen atoms in total. The summed E-state index contributed by atoms with van der Waals surface area (Å²) in [6.07, 6.45) is 3.89. The first-order valence-corrected chi connectivity index (χ1v) is 8.09. The van der Waals surface area contributed by atoms with Crippen molar-refractivity contribution >= 4 is 15.9 Å². The highest BCUT2D eigenvalue weighted by Crippen LogP contribution is 2.18. The summed E-state index contributed by atoms with van der Waals surface area (Å²) in [4.78, 5) is 19.8. The van der Waals surface area contributed by atoms with Gasteiger partial charge in [-0.15, -0.1) is 0 Å². The number of Topliss-reactive ketones (excluding diaryl/α,β-unsaturated/α-hetero) is 1. The largest absolute Gasteiger partial charge is 0.388 e. The van der Waals surface area contributed by atoms with Crippen LogP contribution >= 0.6 is 0 Å². The lowest BCUT2D eigenvalue weighted by Crippen LogP contribution is -2.07. The maximum Gasteiger partial charge on any atom is 0.264 e. The van der Waals surface area contributed by atoms with E-state index in [1.54, 1.807) is 11.6 Å². The summed E-state index contributed by atoms with van der Waals surface area (Å²) < 4.78 is 28.4. The Morgan fingerprint density at radius 2 is 2.14 bits per heavy atom. The predicted octanol–water partition coefficient (Wildman–Crippen LogP) is 0.133. The number of carbonyl (C=O) groups is 1. The molecule has 0 bridgehead atoms. The quantitative estimate of drug-likeness (QED) is 0.593. The van der Waals surface area contributed by atoms with Crippen molar-refractivity contribution in [3.63, 3.8) is 0 Å². The Morgan fingerprint density at radius 1 is 1.41 bits per heavy atom. The number of ketones is 1. The van der Waals surface area contributed by atoms with Crippen LogP contribution in [0.4, 0.5) is 0 Å². The average Bonchev–Trinajstić information content (AvgIpc) is 2.85. The van der Waals surface area contributed by atoms with E-state index < -0.39 is 22.5 Å². The minimum absolute atomic E-state index is 0.141. The molecule has 0 fully saturated rings. The van der Waals surface area contributed by atoms with Gasteiger partial charge in [0.05, 0.1) is 18.1 Å². The van der Waals surface area contributed by atoms with Crippen LogP contribution in [0.3, 0.4) is 0 Å². The molecule has 0 unspecified atom stereocenters. The molecule has 22 heavy (non-hydrogen) atoms. The third kappa shape index (κ3) is 3.75. The molecule has 9 heteroatoms. The average molecular weight is 325 g/mol. The van der Waals surface area contributed by atoms with Crippen molar-refractivity contribution < 1.29 is 22.5 Å². The number of nitrogens with zero attached hydrogens (tertiary/aromatic N) is 3. The van der Waals surface area contributed by atoms with E-state index in [0.717, 1.165) is 6.26 Å². The van der Waals surface area contributed by atoms with Gasteiger partial charge in [-0.25, -0.2) is 4.98 Å². The van der Waals surface area contributed by atoms with Crippen LogP contribution in [0.25, 0.3) is 11.5 Å². The highest BCUT2D eigenvalue weighted by Gasteiger charge is 2.14. The van der Waals surface area contributed by atoms with Gasteiger partial charge in [-0.05, 0) is 12.1 Å². The predicted molar refractivity (Wildman–Crippen MR) is 77.5 cm³/mol. The Hall–Kier alpha value is -2.10. The topological polar surface area (TPSA) is 111 Å². The van der Waals surface area contributed by atoms with Crippen LogP contribution in [0.2, 0.25) is 0 Å². The molecule has 0 aromatic carbocycles. The zero-order chi connectivity index (χ0) is 16.3. The molecule has 2 rings (SSSR count). The Labute approximate surface area is 127 Å². The van der Waals surface area contributed by atoms with Crippen LogP contribution in [0.1, 0.15) is 16.1 Å². The summed E-state index contributed by atoms with van der Waals surface area (Å²) in [5.41, 5.74) is 1.30. The van der Waals surface area contributed by atoms with Crippen LogP contribution in [-0.4, -0.2) is 46.7 Å². The highest BCUT2D eigenvalue weighted by molar-refractivity contribution is 7.85. The molecule has 118 valence electrons. The number of rotatable bonds is 6. The molecule has 0 saturated carbocycles. The first kappa shape index (κ1) is 16.3. The number of carbonyl (C=O) groups excluding carboxylic acids is 1. The minimum Gasteiger partial charge on any atom is -0.388 e. The van der Waals surface area contributed by atoms with Crippen LogP contribution in [0, 0.1) is 0 Å². The summed E-state index contributed by atoms with van der Waals surface area (Å²) in [7, 11) is -1.86. The molecule has 0 amide bonds. The first-order valence-electron chi connectivity index (χ1n) is 6.27. The number of aliphatic hydroxyl groups is 1. The van der Waals surface area contributed by atoms with Crippen molar-refractivity contribution in [2.45, 2.75) is 6.61 Å². The summed E-state index contributed by atoms with van der Waals surface area (Å²) in [5.74, 6) is 0.0400. The second-order valence-corrected chi connectivity index (χ2v) is 6.25. The number of imidazole rings is 1. The monoisotopic (exact) mass is 325 g/mol. The van der Waals surface area contributed by atoms with Gasteiger partial charge in [0, 0.05) is 18.8 Å². The van der Waals surface area contributed by atoms with E-state index >= 15 is 0 Å². The second kappa shape index (κ2) is 6.34. The van der Waals surface area contributed by atoms with E-state index in [1.165, 1.54) is 24.5 Å². The molecule has 0 saturated heterocycles. The molecule has 0 spiro atoms. The molecular weight excluding hydrogens is 310 g/mol. The fourth-order valence-electron chi connectivity index (χ4n) is 1.80. The maximum absolute atomic E-state index is 11.5. The lowest BCUT2D eigenvalue weighted by Gasteiger charge is -2.06. The molecule has 0 aliphatic carbocycles. The van der Waals surface area contributed by atoms with Gasteiger partial charge in [0.2, 0.25) is 0 Å². The van der Waals surface area contributed by atoms with E-state index in [1.807, 2.05) is 0 Å². The molecule has 2 aromatic heterocycles. The number of pyridine rings is 1. The summed E-state index contributed by atoms with van der Waals surface area (Å²) in [6, 6.07) is 3.01. The van der Waals surface area contributed by atoms with Crippen molar-refractivity contribution in [1.82, 2.24) is 14.5 Å². The van der Waals surface area contributed by atoms with E-state index in [4.69, 9.17) is 9.29 Å². The zero-order valence-corrected chi connectivity index (χ0v) is 12.9. The lowest BCUT2D eigenvalue weighted by molar-refractivity contribution is 0.0903. The molecular formula is C13H15N3O5S. The molecule has 0 atom stereocenters. The lowest BCUT2D eigenvalue weighted by atomic mass is 10.1. The Morgan fingerprint density at radius 3 is 2.77 bits per heavy atom. The van der Waals surface area contributed by atoms with Crippen LogP contribution in [0.15, 0.2) is 24.5 Å². The van der Waals surface area contributed by atoms with Gasteiger partial charge in [0.25, 0.3) is 10.1 Å². The van der Waals surface area contributed by atoms with Crippen molar-refractivity contribution in [2.75, 3.05) is 12.9 Å². The molecule has 0 aliphatic rings. The van der Waals surface area contributed by atoms with E-state index in [2.05, 4.69) is 9.97 Å². The van der Waals surface area contributed by atoms with Crippen LogP contribution in [0.5, 0.6) is 0 Å². The standard InChI is InChI=1S/C13H15N3O5S/c1-16-10(8-21-22(2,19)20)6-15-13(16)11-5-9(3-4-14-11)12(18)7-17/h3-6,17H,7-8H2,1-2H3. The van der Waals surface area contributed by atoms with Crippen molar-refractivity contribution in [2.24, 2.45) is 7.05 Å². The highest BCUT2D eigenvalue weighted by atomic mass is 32.2. The number of aromatic nitrogens is 3. The Bertz CT molecular complexity index is 798. The fourth-order valence-corrected chi connectivity index (χ4v) is 2.14. The van der Waals surface area contributed by atoms with Crippen molar-refractivity contribution in [3.8, 4) is 11.5 Å². The Balaban J connectivity index is 2.31. The van der Waals surface area contributed by atoms with E-state index in [0.29, 0.717) is 22.8 Å². The fraction of sp³-hybridized carbons (Fsp3) is 0.308. The summed E-state index contributed by atoms with van der Waals surface area (Å²) >= 11 is 0. The third-order valence-corrected chi connectivity index (χ3v) is 3.51. The number of aliphatic hydroxyl groups excluding tert-OH is 1. The summed E-state index contributed by atoms with van der Waals surface area (Å²) in [6.45, 7) is -0.727. The van der Waals surface area contributed by atoms with Gasteiger partial charge in [-0.3, -0.25) is 14.0 Å². The van der Waals surface area contributed by atoms with Gasteiger partial charge in [0.15, 0.2) is 11.6 Å². The molecule has 2 aromatic rings. The van der Waals surface area contributed by atoms with Gasteiger partial charge in [-0.2, -0.15) is 8.42 Å². The van der Waals surface area contributed by atoms with Crippen molar-refractivity contribution in [3.05, 3.63) is 35.8 Å². The molecule has 1 N–H and O–H groups in total. The van der Waals surface area contributed by atoms with Crippen LogP contribution in [-0.2, 0) is 28.0 Å². The minimum atomic E-state index is -3.54. The maximum atomic E-state index is 11.5. The van der Waals surface area contributed by atoms with Gasteiger partial charge in [-0.1, -0.05) is 0 Å². The Kier molecular flexibility index (Phi) is 4.69. The van der Waals surface area contributed by atoms with Crippen molar-refractivity contribution in [1.29, 1.82) is 0 Å². The normalized spacial score (nSPS) is 11.6. The first-order chi connectivity index (χ1) is 10.3. The SMILES string of the molecule is Cn1c(COS(C)(=O)=O)cnc1-c1cc(C(=O)CO)ccn1. The molecule has 2 heterocycles. The van der Waals surface area contributed by atoms with Gasteiger partial charge >= 0.3 is 0 Å². The smallest absolute Gasteiger partial charge is 0.264 e. The molecule has 0 radical (unpaired) electrons. The van der Waals surface area contributed by atoms with Gasteiger partial charge in [0.1, 0.15) is 18.9 Å². The van der Waals surface area contributed by atoms with E-state index in [9.17, 15) is 13.2 Å². The number of hydrogen-bond acceptors (Lipinski definition) is 7. The van der Waals surface area contributed by atoms with Gasteiger partial charge < -0.3 is 9.67 Å². The van der Waals surface area contributed by atoms with E-state index in [-0.39, 0.29) is 6.61 Å². The second-order valence-electron chi connectivity index (χ2n) is 4.61. The molecule has 0 aliphatic heterocycles. The zero-order valence-electron chi connectivity index (χ0n) is 12.1. The third-order valence-electron chi connectivity index (χ3n) is 2.96. The van der Waals surface area contributed by atoms with Crippen LogP contribution < -0.4 is 0 Å². The summed E-state index contributed by atoms with van der Waals surface area (Å²) in [5, 5.41) is 8.89.